The van der Waals surface area contributed by atoms with E-state index >= 15 is 0 Å². The first-order valence-electron chi connectivity index (χ1n) is 4.55. The van der Waals surface area contributed by atoms with Gasteiger partial charge in [0.2, 0.25) is 0 Å². The molecule has 1 aromatic carbocycles. The third-order valence-corrected chi connectivity index (χ3v) is 3.52. The maximum Gasteiger partial charge on any atom is 0.184 e. The van der Waals surface area contributed by atoms with Crippen LogP contribution in [-0.2, 0) is 7.05 Å². The molecule has 0 saturated heterocycles. The SMILES string of the molecule is CN=c1scc(-c2ccc(Cl)cc2)n1C. The zero-order valence-corrected chi connectivity index (χ0v) is 10.1. The Labute approximate surface area is 97.5 Å². The molecule has 0 amide bonds. The molecule has 0 fully saturated rings. The Bertz CT molecular complexity index is 522. The second-order valence-corrected chi connectivity index (χ2v) is 4.47. The Kier molecular flexibility index (Phi) is 2.93. The number of benzene rings is 1. The van der Waals surface area contributed by atoms with Crippen molar-refractivity contribution >= 4 is 22.9 Å². The van der Waals surface area contributed by atoms with E-state index in [1.165, 1.54) is 0 Å². The molecule has 0 unspecified atom stereocenters. The lowest BCUT2D eigenvalue weighted by molar-refractivity contribution is 0.876. The van der Waals surface area contributed by atoms with E-state index in [4.69, 9.17) is 11.6 Å². The maximum absolute atomic E-state index is 5.85. The van der Waals surface area contributed by atoms with Crippen LogP contribution in [0.2, 0.25) is 5.02 Å². The number of aromatic nitrogens is 1. The topological polar surface area (TPSA) is 17.3 Å². The number of thiazole rings is 1. The molecule has 2 aromatic rings. The van der Waals surface area contributed by atoms with Gasteiger partial charge in [-0.1, -0.05) is 23.7 Å². The third-order valence-electron chi connectivity index (χ3n) is 2.26. The van der Waals surface area contributed by atoms with E-state index in [1.54, 1.807) is 18.4 Å². The van der Waals surface area contributed by atoms with Crippen molar-refractivity contribution in [2.75, 3.05) is 7.05 Å². The van der Waals surface area contributed by atoms with Crippen LogP contribution in [0.1, 0.15) is 0 Å². The Hall–Kier alpha value is -1.06. The van der Waals surface area contributed by atoms with Crippen molar-refractivity contribution in [3.05, 3.63) is 39.5 Å². The van der Waals surface area contributed by atoms with Crippen LogP contribution < -0.4 is 4.80 Å². The molecule has 0 saturated carbocycles. The first-order chi connectivity index (χ1) is 7.22. The Balaban J connectivity index is 2.55. The molecule has 2 nitrogen and oxygen atoms in total. The van der Waals surface area contributed by atoms with Crippen molar-refractivity contribution in [3.63, 3.8) is 0 Å². The number of hydrogen-bond acceptors (Lipinski definition) is 2. The van der Waals surface area contributed by atoms with Gasteiger partial charge in [-0.3, -0.25) is 4.99 Å². The fourth-order valence-electron chi connectivity index (χ4n) is 1.45. The summed E-state index contributed by atoms with van der Waals surface area (Å²) < 4.78 is 2.08. The molecule has 0 N–H and O–H groups in total. The summed E-state index contributed by atoms with van der Waals surface area (Å²) in [6.07, 6.45) is 0. The summed E-state index contributed by atoms with van der Waals surface area (Å²) in [5, 5.41) is 2.86. The summed E-state index contributed by atoms with van der Waals surface area (Å²) in [7, 11) is 3.82. The van der Waals surface area contributed by atoms with Gasteiger partial charge in [0.25, 0.3) is 0 Å². The van der Waals surface area contributed by atoms with Gasteiger partial charge in [0.05, 0.1) is 5.69 Å². The molecule has 0 aliphatic rings. The van der Waals surface area contributed by atoms with Gasteiger partial charge >= 0.3 is 0 Å². The molecular formula is C11H11ClN2S. The van der Waals surface area contributed by atoms with E-state index < -0.39 is 0 Å². The Morgan fingerprint density at radius 1 is 1.27 bits per heavy atom. The summed E-state index contributed by atoms with van der Waals surface area (Å²) in [5.41, 5.74) is 2.32. The van der Waals surface area contributed by atoms with E-state index in [1.807, 2.05) is 31.3 Å². The zero-order valence-electron chi connectivity index (χ0n) is 8.57. The number of nitrogens with zero attached hydrogens (tertiary/aromatic N) is 2. The highest BCUT2D eigenvalue weighted by Crippen LogP contribution is 2.21. The van der Waals surface area contributed by atoms with E-state index in [9.17, 15) is 0 Å². The molecular weight excluding hydrogens is 228 g/mol. The fourth-order valence-corrected chi connectivity index (χ4v) is 2.45. The summed E-state index contributed by atoms with van der Waals surface area (Å²) in [5.74, 6) is 0. The number of rotatable bonds is 1. The standard InChI is InChI=1S/C11H11ClN2S/c1-13-11-14(2)10(7-15-11)8-3-5-9(12)6-4-8/h3-7H,1-2H3. The van der Waals surface area contributed by atoms with Crippen molar-refractivity contribution < 1.29 is 0 Å². The number of halogens is 1. The minimum Gasteiger partial charge on any atom is -0.320 e. The van der Waals surface area contributed by atoms with Crippen LogP contribution in [0.5, 0.6) is 0 Å². The van der Waals surface area contributed by atoms with Gasteiger partial charge in [-0.05, 0) is 17.7 Å². The molecule has 4 heteroatoms. The normalized spacial score (nSPS) is 12.1. The van der Waals surface area contributed by atoms with Gasteiger partial charge in [0.1, 0.15) is 0 Å². The van der Waals surface area contributed by atoms with E-state index in [-0.39, 0.29) is 0 Å². The second-order valence-electron chi connectivity index (χ2n) is 3.19. The minimum atomic E-state index is 0.761. The molecule has 0 aliphatic carbocycles. The average Bonchev–Trinajstić information content (AvgIpc) is 2.61. The minimum absolute atomic E-state index is 0.761. The van der Waals surface area contributed by atoms with Crippen molar-refractivity contribution in [2.24, 2.45) is 12.0 Å². The van der Waals surface area contributed by atoms with Crippen LogP contribution in [0, 0.1) is 0 Å². The van der Waals surface area contributed by atoms with Crippen molar-refractivity contribution in [3.8, 4) is 11.3 Å². The van der Waals surface area contributed by atoms with Gasteiger partial charge in [-0.15, -0.1) is 11.3 Å². The zero-order chi connectivity index (χ0) is 10.8. The predicted molar refractivity (Wildman–Crippen MR) is 65.2 cm³/mol. The predicted octanol–water partition coefficient (Wildman–Crippen LogP) is 2.94. The summed E-state index contributed by atoms with van der Waals surface area (Å²) in [6.45, 7) is 0. The van der Waals surface area contributed by atoms with E-state index in [0.29, 0.717) is 0 Å². The molecule has 0 radical (unpaired) electrons. The molecule has 78 valence electrons. The first kappa shape index (κ1) is 10.5. The lowest BCUT2D eigenvalue weighted by Crippen LogP contribution is -2.10. The van der Waals surface area contributed by atoms with Gasteiger partial charge in [0, 0.05) is 24.5 Å². The molecule has 1 heterocycles. The lowest BCUT2D eigenvalue weighted by atomic mass is 10.2. The Morgan fingerprint density at radius 3 is 2.47 bits per heavy atom. The molecule has 0 aliphatic heterocycles. The van der Waals surface area contributed by atoms with Crippen molar-refractivity contribution in [2.45, 2.75) is 0 Å². The molecule has 1 aromatic heterocycles. The highest BCUT2D eigenvalue weighted by molar-refractivity contribution is 7.07. The van der Waals surface area contributed by atoms with E-state index in [2.05, 4.69) is 14.9 Å². The number of hydrogen-bond donors (Lipinski definition) is 0. The third kappa shape index (κ3) is 1.98. The summed E-state index contributed by atoms with van der Waals surface area (Å²) in [6, 6.07) is 7.84. The lowest BCUT2D eigenvalue weighted by Gasteiger charge is -2.02. The largest absolute Gasteiger partial charge is 0.320 e. The van der Waals surface area contributed by atoms with Crippen LogP contribution in [0.3, 0.4) is 0 Å². The van der Waals surface area contributed by atoms with Crippen LogP contribution in [0.4, 0.5) is 0 Å². The molecule has 0 spiro atoms. The molecule has 0 bridgehead atoms. The summed E-state index contributed by atoms with van der Waals surface area (Å²) in [4.78, 5) is 5.20. The van der Waals surface area contributed by atoms with Crippen molar-refractivity contribution in [1.29, 1.82) is 0 Å². The summed E-state index contributed by atoms with van der Waals surface area (Å²) >= 11 is 7.49. The van der Waals surface area contributed by atoms with Crippen LogP contribution in [0.25, 0.3) is 11.3 Å². The first-order valence-corrected chi connectivity index (χ1v) is 5.81. The highest BCUT2D eigenvalue weighted by atomic mass is 35.5. The molecule has 0 atom stereocenters. The van der Waals surface area contributed by atoms with Crippen LogP contribution in [-0.4, -0.2) is 11.6 Å². The van der Waals surface area contributed by atoms with Gasteiger partial charge in [-0.25, -0.2) is 0 Å². The van der Waals surface area contributed by atoms with E-state index in [0.717, 1.165) is 21.1 Å². The quantitative estimate of drug-likeness (QED) is 0.727. The monoisotopic (exact) mass is 238 g/mol. The van der Waals surface area contributed by atoms with Crippen LogP contribution >= 0.6 is 22.9 Å². The van der Waals surface area contributed by atoms with Gasteiger partial charge in [0.15, 0.2) is 4.80 Å². The fraction of sp³-hybridized carbons (Fsp3) is 0.182. The van der Waals surface area contributed by atoms with Crippen LogP contribution in [0.15, 0.2) is 34.6 Å². The molecule has 15 heavy (non-hydrogen) atoms. The second kappa shape index (κ2) is 4.21. The van der Waals surface area contributed by atoms with Crippen molar-refractivity contribution in [1.82, 2.24) is 4.57 Å². The van der Waals surface area contributed by atoms with Gasteiger partial charge in [-0.2, -0.15) is 0 Å². The molecule has 2 rings (SSSR count). The average molecular weight is 239 g/mol. The van der Waals surface area contributed by atoms with Gasteiger partial charge < -0.3 is 4.57 Å². The maximum atomic E-state index is 5.85. The smallest absolute Gasteiger partial charge is 0.184 e. The Morgan fingerprint density at radius 2 is 1.93 bits per heavy atom. The highest BCUT2D eigenvalue weighted by Gasteiger charge is 2.03.